The van der Waals surface area contributed by atoms with E-state index in [0.29, 0.717) is 25.9 Å². The molecule has 1 aromatic rings. The molecule has 0 aliphatic carbocycles. The Morgan fingerprint density at radius 2 is 2.13 bits per heavy atom. The molecule has 1 heterocycles. The molecule has 1 amide bonds. The van der Waals surface area contributed by atoms with Crippen LogP contribution in [-0.2, 0) is 11.2 Å². The minimum Gasteiger partial charge on any atom is -0.388 e. The third kappa shape index (κ3) is 5.03. The molecule has 2 atom stereocenters. The predicted molar refractivity (Wildman–Crippen MR) is 90.1 cm³/mol. The summed E-state index contributed by atoms with van der Waals surface area (Å²) in [6, 6.07) is 9.59. The van der Waals surface area contributed by atoms with Crippen LogP contribution >= 0.6 is 0 Å². The molecule has 0 saturated carbocycles. The zero-order chi connectivity index (χ0) is 16.7. The van der Waals surface area contributed by atoms with Gasteiger partial charge in [0.15, 0.2) is 0 Å². The number of hydrogen-bond acceptors (Lipinski definition) is 4. The number of nitrogens with zero attached hydrogens (tertiary/aromatic N) is 1. The maximum atomic E-state index is 12.3. The lowest BCUT2D eigenvalue weighted by Gasteiger charge is -2.42. The number of rotatable bonds is 7. The van der Waals surface area contributed by atoms with Crippen LogP contribution in [-0.4, -0.2) is 58.9 Å². The Hall–Kier alpha value is -1.43. The molecule has 2 rings (SSSR count). The highest BCUT2D eigenvalue weighted by atomic mass is 16.3. The minimum atomic E-state index is -1.14. The summed E-state index contributed by atoms with van der Waals surface area (Å²) in [5.74, 6) is -0.00348. The molecule has 0 radical (unpaired) electrons. The highest BCUT2D eigenvalue weighted by Gasteiger charge is 2.41. The number of piperidine rings is 1. The van der Waals surface area contributed by atoms with Crippen LogP contribution in [0.1, 0.15) is 31.7 Å². The summed E-state index contributed by atoms with van der Waals surface area (Å²) in [5, 5.41) is 24.1. The molecule has 1 aromatic carbocycles. The van der Waals surface area contributed by atoms with Crippen molar-refractivity contribution >= 4 is 5.91 Å². The molecule has 0 unspecified atom stereocenters. The molecule has 3 N–H and O–H groups in total. The van der Waals surface area contributed by atoms with Crippen molar-refractivity contribution in [1.29, 1.82) is 0 Å². The van der Waals surface area contributed by atoms with Crippen molar-refractivity contribution in [3.05, 3.63) is 35.9 Å². The van der Waals surface area contributed by atoms with E-state index in [0.717, 1.165) is 24.9 Å². The highest BCUT2D eigenvalue weighted by Crippen LogP contribution is 2.23. The molecule has 1 aliphatic rings. The van der Waals surface area contributed by atoms with Gasteiger partial charge in [-0.05, 0) is 24.9 Å². The van der Waals surface area contributed by atoms with Gasteiger partial charge in [0.2, 0.25) is 5.91 Å². The van der Waals surface area contributed by atoms with Crippen molar-refractivity contribution in [2.75, 3.05) is 26.2 Å². The molecule has 128 valence electrons. The normalized spacial score (nSPS) is 24.7. The zero-order valence-electron chi connectivity index (χ0n) is 13.9. The average Bonchev–Trinajstić information content (AvgIpc) is 2.55. The number of aliphatic hydroxyl groups is 2. The molecule has 0 spiro atoms. The van der Waals surface area contributed by atoms with Crippen molar-refractivity contribution in [2.45, 2.75) is 44.3 Å². The number of nitrogens with one attached hydrogen (secondary N) is 1. The average molecular weight is 320 g/mol. The molecule has 0 bridgehead atoms. The minimum absolute atomic E-state index is 0.00348. The summed E-state index contributed by atoms with van der Waals surface area (Å²) in [7, 11) is 0. The van der Waals surface area contributed by atoms with Gasteiger partial charge in [-0.15, -0.1) is 0 Å². The van der Waals surface area contributed by atoms with Crippen LogP contribution < -0.4 is 5.32 Å². The number of aliphatic hydroxyl groups excluding tert-OH is 1. The van der Waals surface area contributed by atoms with Gasteiger partial charge in [-0.3, -0.25) is 4.79 Å². The van der Waals surface area contributed by atoms with Crippen molar-refractivity contribution in [3.8, 4) is 0 Å². The Labute approximate surface area is 138 Å². The van der Waals surface area contributed by atoms with Gasteiger partial charge < -0.3 is 20.4 Å². The van der Waals surface area contributed by atoms with Crippen molar-refractivity contribution in [3.63, 3.8) is 0 Å². The largest absolute Gasteiger partial charge is 0.388 e. The van der Waals surface area contributed by atoms with Gasteiger partial charge >= 0.3 is 0 Å². The maximum Gasteiger partial charge on any atom is 0.227 e. The van der Waals surface area contributed by atoms with Crippen LogP contribution in [0.5, 0.6) is 0 Å². The number of hydrogen-bond donors (Lipinski definition) is 3. The van der Waals surface area contributed by atoms with Crippen molar-refractivity contribution in [2.24, 2.45) is 0 Å². The van der Waals surface area contributed by atoms with E-state index in [4.69, 9.17) is 0 Å². The molecular formula is C18H28N2O3. The molecule has 1 saturated heterocycles. The molecule has 1 fully saturated rings. The standard InChI is InChI=1S/C18H28N2O3/c1-2-3-10-19-14-18(23)9-11-20(13-16(18)21)17(22)12-15-7-5-4-6-8-15/h4-8,16,19,21,23H,2-3,9-14H2,1H3/t16-,18-/m0/s1. The zero-order valence-corrected chi connectivity index (χ0v) is 13.9. The number of likely N-dealkylation sites (tertiary alicyclic amines) is 1. The summed E-state index contributed by atoms with van der Waals surface area (Å²) in [6.45, 7) is 3.99. The predicted octanol–water partition coefficient (Wildman–Crippen LogP) is 0.943. The fourth-order valence-corrected chi connectivity index (χ4v) is 2.89. The van der Waals surface area contributed by atoms with Gasteiger partial charge in [0.1, 0.15) is 11.7 Å². The van der Waals surface area contributed by atoms with E-state index >= 15 is 0 Å². The smallest absolute Gasteiger partial charge is 0.227 e. The van der Waals surface area contributed by atoms with Crippen LogP contribution in [0.3, 0.4) is 0 Å². The first-order chi connectivity index (χ1) is 11.0. The molecule has 23 heavy (non-hydrogen) atoms. The molecule has 5 nitrogen and oxygen atoms in total. The van der Waals surface area contributed by atoms with Gasteiger partial charge in [-0.25, -0.2) is 0 Å². The molecule has 1 aliphatic heterocycles. The Morgan fingerprint density at radius 3 is 2.78 bits per heavy atom. The van der Waals surface area contributed by atoms with E-state index in [1.807, 2.05) is 30.3 Å². The third-order valence-electron chi connectivity index (χ3n) is 4.52. The summed E-state index contributed by atoms with van der Waals surface area (Å²) >= 11 is 0. The third-order valence-corrected chi connectivity index (χ3v) is 4.52. The fourth-order valence-electron chi connectivity index (χ4n) is 2.89. The number of carbonyl (C=O) groups excluding carboxylic acids is 1. The highest BCUT2D eigenvalue weighted by molar-refractivity contribution is 5.79. The van der Waals surface area contributed by atoms with Gasteiger partial charge in [0, 0.05) is 19.6 Å². The summed E-state index contributed by atoms with van der Waals surface area (Å²) in [4.78, 5) is 14.0. The lowest BCUT2D eigenvalue weighted by Crippen LogP contribution is -2.60. The quantitative estimate of drug-likeness (QED) is 0.654. The summed E-state index contributed by atoms with van der Waals surface area (Å²) < 4.78 is 0. The van der Waals surface area contributed by atoms with E-state index in [2.05, 4.69) is 12.2 Å². The van der Waals surface area contributed by atoms with Gasteiger partial charge in [-0.2, -0.15) is 0 Å². The van der Waals surface area contributed by atoms with E-state index in [1.165, 1.54) is 0 Å². The van der Waals surface area contributed by atoms with E-state index in [-0.39, 0.29) is 12.5 Å². The Kier molecular flexibility index (Phi) is 6.57. The number of carbonyl (C=O) groups is 1. The second-order valence-corrected chi connectivity index (χ2v) is 6.40. The van der Waals surface area contributed by atoms with Crippen LogP contribution in [0.2, 0.25) is 0 Å². The van der Waals surface area contributed by atoms with Gasteiger partial charge in [0.25, 0.3) is 0 Å². The van der Waals surface area contributed by atoms with E-state index in [9.17, 15) is 15.0 Å². The first kappa shape index (κ1) is 17.9. The number of benzene rings is 1. The fraction of sp³-hybridized carbons (Fsp3) is 0.611. The molecule has 0 aromatic heterocycles. The first-order valence-electron chi connectivity index (χ1n) is 8.48. The molecular weight excluding hydrogens is 292 g/mol. The SMILES string of the molecule is CCCCNC[C@@]1(O)CCN(C(=O)Cc2ccccc2)C[C@@H]1O. The van der Waals surface area contributed by atoms with E-state index < -0.39 is 11.7 Å². The number of amides is 1. The first-order valence-corrected chi connectivity index (χ1v) is 8.48. The number of β-amino-alcohol motifs (C(OH)–C–C–N with tert-alkyl or cyclic N) is 1. The van der Waals surface area contributed by atoms with Crippen molar-refractivity contribution < 1.29 is 15.0 Å². The Bertz CT molecular complexity index is 494. The lowest BCUT2D eigenvalue weighted by molar-refractivity contribution is -0.148. The van der Waals surface area contributed by atoms with Gasteiger partial charge in [-0.1, -0.05) is 43.7 Å². The monoisotopic (exact) mass is 320 g/mol. The van der Waals surface area contributed by atoms with Crippen LogP contribution in [0, 0.1) is 0 Å². The lowest BCUT2D eigenvalue weighted by atomic mass is 9.88. The van der Waals surface area contributed by atoms with Crippen LogP contribution in [0.4, 0.5) is 0 Å². The van der Waals surface area contributed by atoms with Crippen molar-refractivity contribution in [1.82, 2.24) is 10.2 Å². The Morgan fingerprint density at radius 1 is 1.39 bits per heavy atom. The second-order valence-electron chi connectivity index (χ2n) is 6.40. The second kappa shape index (κ2) is 8.43. The van der Waals surface area contributed by atoms with Gasteiger partial charge in [0.05, 0.1) is 6.42 Å². The molecule has 5 heteroatoms. The summed E-state index contributed by atoms with van der Waals surface area (Å²) in [6.07, 6.45) is 1.96. The van der Waals surface area contributed by atoms with Crippen LogP contribution in [0.25, 0.3) is 0 Å². The number of unbranched alkanes of at least 4 members (excludes halogenated alkanes) is 1. The topological polar surface area (TPSA) is 72.8 Å². The van der Waals surface area contributed by atoms with Crippen LogP contribution in [0.15, 0.2) is 30.3 Å². The Balaban J connectivity index is 1.84. The van der Waals surface area contributed by atoms with E-state index in [1.54, 1.807) is 4.90 Å². The summed E-state index contributed by atoms with van der Waals surface area (Å²) in [5.41, 5.74) is -0.175. The maximum absolute atomic E-state index is 12.3.